The van der Waals surface area contributed by atoms with Gasteiger partial charge in [-0.1, -0.05) is 13.8 Å². The van der Waals surface area contributed by atoms with E-state index >= 15 is 0 Å². The minimum absolute atomic E-state index is 0.366. The van der Waals surface area contributed by atoms with Crippen LogP contribution in [0.5, 0.6) is 0 Å². The molecule has 2 aromatic heterocycles. The molecule has 126 valence electrons. The summed E-state index contributed by atoms with van der Waals surface area (Å²) >= 11 is 0. The van der Waals surface area contributed by atoms with Crippen LogP contribution < -0.4 is 16.4 Å². The molecule has 1 aliphatic carbocycles. The largest absolute Gasteiger partial charge is 0.382 e. The SMILES string of the molecule is CC(C)CCNc1cc(NC2CCC(N)CC2)nn2ccnc12. The van der Waals surface area contributed by atoms with E-state index in [9.17, 15) is 0 Å². The molecule has 6 nitrogen and oxygen atoms in total. The third-order valence-corrected chi connectivity index (χ3v) is 4.52. The predicted molar refractivity (Wildman–Crippen MR) is 94.8 cm³/mol. The van der Waals surface area contributed by atoms with Crippen LogP contribution in [0.1, 0.15) is 46.0 Å². The van der Waals surface area contributed by atoms with Gasteiger partial charge in [0.25, 0.3) is 0 Å². The second kappa shape index (κ2) is 7.17. The van der Waals surface area contributed by atoms with E-state index in [0.29, 0.717) is 18.0 Å². The highest BCUT2D eigenvalue weighted by Crippen LogP contribution is 2.23. The number of hydrogen-bond donors (Lipinski definition) is 3. The third kappa shape index (κ3) is 4.13. The summed E-state index contributed by atoms with van der Waals surface area (Å²) in [6.45, 7) is 5.42. The Morgan fingerprint density at radius 3 is 2.83 bits per heavy atom. The summed E-state index contributed by atoms with van der Waals surface area (Å²) < 4.78 is 1.84. The fourth-order valence-electron chi connectivity index (χ4n) is 3.09. The van der Waals surface area contributed by atoms with Gasteiger partial charge >= 0.3 is 0 Å². The summed E-state index contributed by atoms with van der Waals surface area (Å²) in [6.07, 6.45) is 9.22. The van der Waals surface area contributed by atoms with Crippen molar-refractivity contribution in [1.82, 2.24) is 14.6 Å². The van der Waals surface area contributed by atoms with Gasteiger partial charge in [0.2, 0.25) is 0 Å². The zero-order chi connectivity index (χ0) is 16.2. The molecule has 4 N–H and O–H groups in total. The molecule has 1 fully saturated rings. The van der Waals surface area contributed by atoms with Gasteiger partial charge in [0.15, 0.2) is 5.65 Å². The molecule has 2 aromatic rings. The van der Waals surface area contributed by atoms with E-state index in [-0.39, 0.29) is 0 Å². The van der Waals surface area contributed by atoms with Crippen LogP contribution >= 0.6 is 0 Å². The monoisotopic (exact) mass is 316 g/mol. The predicted octanol–water partition coefficient (Wildman–Crippen LogP) is 2.87. The fourth-order valence-corrected chi connectivity index (χ4v) is 3.09. The Morgan fingerprint density at radius 2 is 2.09 bits per heavy atom. The first kappa shape index (κ1) is 16.1. The molecule has 23 heavy (non-hydrogen) atoms. The number of imidazole rings is 1. The summed E-state index contributed by atoms with van der Waals surface area (Å²) in [7, 11) is 0. The molecule has 0 atom stereocenters. The molecule has 0 aromatic carbocycles. The molecule has 0 saturated heterocycles. The van der Waals surface area contributed by atoms with E-state index in [1.54, 1.807) is 6.20 Å². The molecule has 0 radical (unpaired) electrons. The average molecular weight is 316 g/mol. The van der Waals surface area contributed by atoms with Crippen LogP contribution in [0, 0.1) is 5.92 Å². The second-order valence-electron chi connectivity index (χ2n) is 7.00. The minimum Gasteiger partial charge on any atom is -0.382 e. The van der Waals surface area contributed by atoms with Gasteiger partial charge in [-0.3, -0.25) is 0 Å². The molecule has 2 heterocycles. The molecule has 0 amide bonds. The van der Waals surface area contributed by atoms with Crippen molar-refractivity contribution < 1.29 is 0 Å². The van der Waals surface area contributed by atoms with Crippen molar-refractivity contribution in [1.29, 1.82) is 0 Å². The number of fused-ring (bicyclic) bond motifs is 1. The fraction of sp³-hybridized carbons (Fsp3) is 0.647. The zero-order valence-corrected chi connectivity index (χ0v) is 14.1. The van der Waals surface area contributed by atoms with Crippen molar-refractivity contribution in [2.24, 2.45) is 11.7 Å². The molecule has 0 bridgehead atoms. The summed E-state index contributed by atoms with van der Waals surface area (Å²) in [6, 6.07) is 2.91. The van der Waals surface area contributed by atoms with Crippen molar-refractivity contribution in [3.63, 3.8) is 0 Å². The zero-order valence-electron chi connectivity index (χ0n) is 14.1. The lowest BCUT2D eigenvalue weighted by Gasteiger charge is -2.27. The van der Waals surface area contributed by atoms with Gasteiger partial charge in [0.05, 0.1) is 5.69 Å². The number of nitrogens with one attached hydrogen (secondary N) is 2. The smallest absolute Gasteiger partial charge is 0.177 e. The van der Waals surface area contributed by atoms with Crippen LogP contribution in [0.15, 0.2) is 18.5 Å². The van der Waals surface area contributed by atoms with Crippen LogP contribution in [0.3, 0.4) is 0 Å². The highest BCUT2D eigenvalue weighted by molar-refractivity contribution is 5.70. The highest BCUT2D eigenvalue weighted by atomic mass is 15.3. The van der Waals surface area contributed by atoms with Crippen molar-refractivity contribution in [3.8, 4) is 0 Å². The Kier molecular flexibility index (Phi) is 5.00. The molecule has 6 heteroatoms. The van der Waals surface area contributed by atoms with E-state index < -0.39 is 0 Å². The van der Waals surface area contributed by atoms with Crippen LogP contribution in [0.2, 0.25) is 0 Å². The number of rotatable bonds is 6. The Labute approximate surface area is 137 Å². The van der Waals surface area contributed by atoms with Gasteiger partial charge in [-0.05, 0) is 38.0 Å². The number of nitrogens with two attached hydrogens (primary N) is 1. The molecular formula is C17H28N6. The summed E-state index contributed by atoms with van der Waals surface area (Å²) in [4.78, 5) is 4.41. The maximum Gasteiger partial charge on any atom is 0.177 e. The topological polar surface area (TPSA) is 80.3 Å². The Balaban J connectivity index is 1.72. The van der Waals surface area contributed by atoms with Crippen LogP contribution in [-0.2, 0) is 0 Å². The van der Waals surface area contributed by atoms with Crippen LogP contribution in [0.25, 0.3) is 5.65 Å². The standard InChI is InChI=1S/C17H28N6/c1-12(2)7-8-19-15-11-16(22-23-10-9-20-17(15)23)21-14-5-3-13(18)4-6-14/h9-14,19H,3-8,18H2,1-2H3,(H,21,22). The molecule has 0 spiro atoms. The number of aromatic nitrogens is 3. The summed E-state index contributed by atoms with van der Waals surface area (Å²) in [5.74, 6) is 1.59. The molecular weight excluding hydrogens is 288 g/mol. The van der Waals surface area contributed by atoms with Crippen molar-refractivity contribution in [2.45, 2.75) is 58.0 Å². The molecule has 3 rings (SSSR count). The quantitative estimate of drug-likeness (QED) is 0.763. The maximum atomic E-state index is 5.99. The first-order chi connectivity index (χ1) is 11.1. The maximum absolute atomic E-state index is 5.99. The Bertz CT molecular complexity index is 627. The number of hydrogen-bond acceptors (Lipinski definition) is 5. The second-order valence-corrected chi connectivity index (χ2v) is 7.00. The van der Waals surface area contributed by atoms with Gasteiger partial charge in [0.1, 0.15) is 5.82 Å². The van der Waals surface area contributed by atoms with Crippen molar-refractivity contribution in [2.75, 3.05) is 17.2 Å². The van der Waals surface area contributed by atoms with E-state index in [4.69, 9.17) is 5.73 Å². The summed E-state index contributed by atoms with van der Waals surface area (Å²) in [5, 5.41) is 11.7. The van der Waals surface area contributed by atoms with Gasteiger partial charge < -0.3 is 16.4 Å². The Morgan fingerprint density at radius 1 is 1.30 bits per heavy atom. The lowest BCUT2D eigenvalue weighted by atomic mass is 9.92. The summed E-state index contributed by atoms with van der Waals surface area (Å²) in [5.41, 5.74) is 7.91. The molecule has 0 unspecified atom stereocenters. The van der Waals surface area contributed by atoms with Gasteiger partial charge in [-0.25, -0.2) is 9.50 Å². The highest BCUT2D eigenvalue weighted by Gasteiger charge is 2.19. The van der Waals surface area contributed by atoms with Gasteiger partial charge in [-0.2, -0.15) is 0 Å². The number of anilines is 2. The van der Waals surface area contributed by atoms with E-state index in [2.05, 4.69) is 40.6 Å². The van der Waals surface area contributed by atoms with E-state index in [1.807, 2.05) is 10.7 Å². The van der Waals surface area contributed by atoms with Crippen molar-refractivity contribution >= 4 is 17.2 Å². The van der Waals surface area contributed by atoms with Crippen LogP contribution in [0.4, 0.5) is 11.5 Å². The third-order valence-electron chi connectivity index (χ3n) is 4.52. The molecule has 1 aliphatic rings. The average Bonchev–Trinajstić information content (AvgIpc) is 2.98. The first-order valence-corrected chi connectivity index (χ1v) is 8.72. The lowest BCUT2D eigenvalue weighted by Crippen LogP contribution is -2.33. The minimum atomic E-state index is 0.366. The van der Waals surface area contributed by atoms with Gasteiger partial charge in [-0.15, -0.1) is 5.10 Å². The lowest BCUT2D eigenvalue weighted by molar-refractivity contribution is 0.410. The Hall–Kier alpha value is -1.82. The first-order valence-electron chi connectivity index (χ1n) is 8.72. The van der Waals surface area contributed by atoms with E-state index in [0.717, 1.165) is 55.8 Å². The normalized spacial score (nSPS) is 21.7. The van der Waals surface area contributed by atoms with Gasteiger partial charge in [0, 0.05) is 37.1 Å². The van der Waals surface area contributed by atoms with E-state index in [1.165, 1.54) is 0 Å². The van der Waals surface area contributed by atoms with Crippen molar-refractivity contribution in [3.05, 3.63) is 18.5 Å². The number of nitrogens with zero attached hydrogens (tertiary/aromatic N) is 3. The van der Waals surface area contributed by atoms with Crippen LogP contribution in [-0.4, -0.2) is 33.2 Å². The molecule has 0 aliphatic heterocycles. The molecule has 1 saturated carbocycles.